The average Bonchev–Trinajstić information content (AvgIpc) is 3.10. The summed E-state index contributed by atoms with van der Waals surface area (Å²) in [7, 11) is 0. The van der Waals surface area contributed by atoms with Gasteiger partial charge in [-0.15, -0.1) is 5.10 Å². The fraction of sp³-hybridized carbons (Fsp3) is 0.500. The molecule has 1 aliphatic rings. The molecule has 7 heteroatoms. The number of amides is 1. The van der Waals surface area contributed by atoms with Crippen LogP contribution in [0, 0.1) is 5.92 Å². The number of tetrazole rings is 1. The number of carbonyl (C=O) groups excluding carboxylic acids is 1. The van der Waals surface area contributed by atoms with Crippen molar-refractivity contribution in [3.63, 3.8) is 0 Å². The van der Waals surface area contributed by atoms with Crippen LogP contribution < -0.4 is 10.1 Å². The Morgan fingerprint density at radius 1 is 1.39 bits per heavy atom. The van der Waals surface area contributed by atoms with Crippen molar-refractivity contribution in [2.24, 2.45) is 5.92 Å². The van der Waals surface area contributed by atoms with E-state index in [1.807, 2.05) is 18.2 Å². The highest BCUT2D eigenvalue weighted by Crippen LogP contribution is 2.23. The van der Waals surface area contributed by atoms with Crippen molar-refractivity contribution in [2.45, 2.75) is 38.6 Å². The zero-order chi connectivity index (χ0) is 16.1. The van der Waals surface area contributed by atoms with Crippen LogP contribution in [0.2, 0.25) is 0 Å². The third-order valence-electron chi connectivity index (χ3n) is 4.26. The van der Waals surface area contributed by atoms with Gasteiger partial charge in [0.15, 0.2) is 6.61 Å². The number of carbonyl (C=O) groups is 1. The Morgan fingerprint density at radius 3 is 3.04 bits per heavy atom. The van der Waals surface area contributed by atoms with E-state index in [4.69, 9.17) is 4.74 Å². The molecule has 2 atom stereocenters. The number of ether oxygens (including phenoxy) is 1. The molecule has 2 aromatic rings. The monoisotopic (exact) mass is 315 g/mol. The lowest BCUT2D eigenvalue weighted by atomic mass is 9.86. The van der Waals surface area contributed by atoms with Crippen molar-refractivity contribution in [2.75, 3.05) is 6.61 Å². The lowest BCUT2D eigenvalue weighted by Gasteiger charge is -2.29. The predicted octanol–water partition coefficient (Wildman–Crippen LogP) is 1.74. The van der Waals surface area contributed by atoms with Gasteiger partial charge in [0.2, 0.25) is 0 Å². The Labute approximate surface area is 135 Å². The Morgan fingerprint density at radius 2 is 2.26 bits per heavy atom. The van der Waals surface area contributed by atoms with Crippen LogP contribution in [-0.2, 0) is 4.79 Å². The van der Waals surface area contributed by atoms with E-state index in [2.05, 4.69) is 27.8 Å². The number of hydrogen-bond donors (Lipinski definition) is 1. The predicted molar refractivity (Wildman–Crippen MR) is 84.2 cm³/mol. The molecule has 1 N–H and O–H groups in total. The summed E-state index contributed by atoms with van der Waals surface area (Å²) in [5.41, 5.74) is 0.786. The summed E-state index contributed by atoms with van der Waals surface area (Å²) >= 11 is 0. The largest absolute Gasteiger partial charge is 0.484 e. The Kier molecular flexibility index (Phi) is 4.85. The van der Waals surface area contributed by atoms with Crippen molar-refractivity contribution in [3.8, 4) is 11.4 Å². The minimum atomic E-state index is -0.0726. The van der Waals surface area contributed by atoms with Crippen molar-refractivity contribution < 1.29 is 9.53 Å². The van der Waals surface area contributed by atoms with Gasteiger partial charge in [0, 0.05) is 12.1 Å². The molecule has 0 saturated heterocycles. The van der Waals surface area contributed by atoms with Crippen LogP contribution in [-0.4, -0.2) is 38.8 Å². The summed E-state index contributed by atoms with van der Waals surface area (Å²) in [4.78, 5) is 12.1. The Hall–Kier alpha value is -2.44. The molecule has 1 heterocycles. The standard InChI is InChI=1S/C16H21N5O2/c1-12-5-2-3-8-15(12)18-16(22)10-23-14-7-4-6-13(9-14)21-11-17-19-20-21/h4,6-7,9,11-12,15H,2-3,5,8,10H2,1H3,(H,18,22)/t12-,15+/m0/s1. The quantitative estimate of drug-likeness (QED) is 0.909. The third kappa shape index (κ3) is 4.06. The summed E-state index contributed by atoms with van der Waals surface area (Å²) in [6.07, 6.45) is 6.19. The molecule has 1 fully saturated rings. The van der Waals surface area contributed by atoms with Crippen molar-refractivity contribution in [1.82, 2.24) is 25.5 Å². The van der Waals surface area contributed by atoms with Crippen LogP contribution in [0.25, 0.3) is 5.69 Å². The van der Waals surface area contributed by atoms with Crippen molar-refractivity contribution in [1.29, 1.82) is 0 Å². The molecule has 0 unspecified atom stereocenters. The van der Waals surface area contributed by atoms with Gasteiger partial charge >= 0.3 is 0 Å². The molecule has 3 rings (SSSR count). The fourth-order valence-corrected chi connectivity index (χ4v) is 2.92. The van der Waals surface area contributed by atoms with Crippen molar-refractivity contribution in [3.05, 3.63) is 30.6 Å². The second-order valence-corrected chi connectivity index (χ2v) is 5.98. The van der Waals surface area contributed by atoms with Gasteiger partial charge in [0.25, 0.3) is 5.91 Å². The van der Waals surface area contributed by atoms with Crippen molar-refractivity contribution >= 4 is 5.91 Å². The summed E-state index contributed by atoms with van der Waals surface area (Å²) in [6.45, 7) is 2.21. The molecule has 1 aromatic heterocycles. The van der Waals surface area contributed by atoms with Crippen LogP contribution >= 0.6 is 0 Å². The van der Waals surface area contributed by atoms with E-state index in [1.54, 1.807) is 6.07 Å². The second kappa shape index (κ2) is 7.21. The lowest BCUT2D eigenvalue weighted by Crippen LogP contribution is -2.43. The van der Waals surface area contributed by atoms with E-state index in [9.17, 15) is 4.79 Å². The normalized spacial score (nSPS) is 20.9. The molecule has 23 heavy (non-hydrogen) atoms. The first-order valence-corrected chi connectivity index (χ1v) is 7.98. The Bertz CT molecular complexity index is 644. The van der Waals surface area contributed by atoms with E-state index in [-0.39, 0.29) is 18.6 Å². The van der Waals surface area contributed by atoms with Gasteiger partial charge in [-0.05, 0) is 41.3 Å². The van der Waals surface area contributed by atoms with E-state index < -0.39 is 0 Å². The number of aromatic nitrogens is 4. The van der Waals surface area contributed by atoms with Crippen LogP contribution in [0.4, 0.5) is 0 Å². The van der Waals surface area contributed by atoms with Gasteiger partial charge < -0.3 is 10.1 Å². The summed E-state index contributed by atoms with van der Waals surface area (Å²) in [5, 5.41) is 14.1. The lowest BCUT2D eigenvalue weighted by molar-refractivity contribution is -0.124. The SMILES string of the molecule is C[C@H]1CCCC[C@H]1NC(=O)COc1cccc(-n2cnnn2)c1. The summed E-state index contributed by atoms with van der Waals surface area (Å²) < 4.78 is 7.13. The molecule has 1 aliphatic carbocycles. The van der Waals surface area contributed by atoms with Crippen LogP contribution in [0.3, 0.4) is 0 Å². The van der Waals surface area contributed by atoms with Gasteiger partial charge in [-0.25, -0.2) is 4.68 Å². The molecular weight excluding hydrogens is 294 g/mol. The van der Waals surface area contributed by atoms with E-state index >= 15 is 0 Å². The molecule has 122 valence electrons. The fourth-order valence-electron chi connectivity index (χ4n) is 2.92. The molecule has 7 nitrogen and oxygen atoms in total. The molecular formula is C16H21N5O2. The topological polar surface area (TPSA) is 81.9 Å². The number of rotatable bonds is 5. The molecule has 1 amide bonds. The van der Waals surface area contributed by atoms with E-state index in [0.717, 1.165) is 12.1 Å². The number of nitrogens with zero attached hydrogens (tertiary/aromatic N) is 4. The van der Waals surface area contributed by atoms with Gasteiger partial charge in [-0.1, -0.05) is 25.8 Å². The highest BCUT2D eigenvalue weighted by Gasteiger charge is 2.22. The highest BCUT2D eigenvalue weighted by molar-refractivity contribution is 5.77. The van der Waals surface area contributed by atoms with Gasteiger partial charge in [-0.3, -0.25) is 4.79 Å². The molecule has 0 aliphatic heterocycles. The maximum Gasteiger partial charge on any atom is 0.258 e. The van der Waals surface area contributed by atoms with Gasteiger partial charge in [0.1, 0.15) is 12.1 Å². The zero-order valence-corrected chi connectivity index (χ0v) is 13.2. The van der Waals surface area contributed by atoms with Gasteiger partial charge in [0.05, 0.1) is 5.69 Å². The number of benzene rings is 1. The van der Waals surface area contributed by atoms with Crippen LogP contribution in [0.1, 0.15) is 32.6 Å². The minimum absolute atomic E-state index is 0.0162. The first-order valence-electron chi connectivity index (χ1n) is 7.98. The summed E-state index contributed by atoms with van der Waals surface area (Å²) in [5.74, 6) is 1.08. The highest BCUT2D eigenvalue weighted by atomic mass is 16.5. The molecule has 1 saturated carbocycles. The molecule has 0 radical (unpaired) electrons. The van der Waals surface area contributed by atoms with Crippen LogP contribution in [0.15, 0.2) is 30.6 Å². The van der Waals surface area contributed by atoms with Gasteiger partial charge in [-0.2, -0.15) is 0 Å². The summed E-state index contributed by atoms with van der Waals surface area (Å²) in [6, 6.07) is 7.59. The average molecular weight is 315 g/mol. The smallest absolute Gasteiger partial charge is 0.258 e. The molecule has 1 aromatic carbocycles. The zero-order valence-electron chi connectivity index (χ0n) is 13.2. The maximum absolute atomic E-state index is 12.1. The third-order valence-corrected chi connectivity index (χ3v) is 4.26. The van der Waals surface area contributed by atoms with E-state index in [1.165, 1.54) is 30.3 Å². The van der Waals surface area contributed by atoms with E-state index in [0.29, 0.717) is 11.7 Å². The number of hydrogen-bond acceptors (Lipinski definition) is 5. The minimum Gasteiger partial charge on any atom is -0.484 e. The molecule has 0 spiro atoms. The maximum atomic E-state index is 12.1. The first-order chi connectivity index (χ1) is 11.2. The number of nitrogens with one attached hydrogen (secondary N) is 1. The molecule has 0 bridgehead atoms. The first kappa shape index (κ1) is 15.5. The Balaban J connectivity index is 1.54. The van der Waals surface area contributed by atoms with Crippen LogP contribution in [0.5, 0.6) is 5.75 Å². The second-order valence-electron chi connectivity index (χ2n) is 5.98.